The molecule has 25 heavy (non-hydrogen) atoms. The lowest BCUT2D eigenvalue weighted by molar-refractivity contribution is 0.0991. The zero-order valence-electron chi connectivity index (χ0n) is 13.9. The van der Waals surface area contributed by atoms with Crippen molar-refractivity contribution in [1.82, 2.24) is 10.2 Å². The summed E-state index contributed by atoms with van der Waals surface area (Å²) in [6, 6.07) is 14.1. The molecular formula is C18H17N3O4. The number of hydrogen-bond donors (Lipinski definition) is 1. The van der Waals surface area contributed by atoms with Crippen LogP contribution in [-0.4, -0.2) is 29.8 Å². The van der Waals surface area contributed by atoms with Gasteiger partial charge in [0.2, 0.25) is 5.89 Å². The van der Waals surface area contributed by atoms with Crippen molar-refractivity contribution in [3.05, 3.63) is 54.4 Å². The van der Waals surface area contributed by atoms with Gasteiger partial charge in [-0.25, -0.2) is 0 Å². The predicted octanol–water partition coefficient (Wildman–Crippen LogP) is 3.40. The monoisotopic (exact) mass is 339 g/mol. The van der Waals surface area contributed by atoms with E-state index >= 15 is 0 Å². The molecule has 7 heteroatoms. The summed E-state index contributed by atoms with van der Waals surface area (Å²) < 4.78 is 15.9. The van der Waals surface area contributed by atoms with Crippen molar-refractivity contribution in [2.45, 2.75) is 6.92 Å². The number of anilines is 1. The summed E-state index contributed by atoms with van der Waals surface area (Å²) in [5.41, 5.74) is 1.31. The first-order valence-corrected chi connectivity index (χ1v) is 7.71. The zero-order chi connectivity index (χ0) is 17.6. The van der Waals surface area contributed by atoms with E-state index in [9.17, 15) is 4.79 Å². The summed E-state index contributed by atoms with van der Waals surface area (Å²) in [6.45, 7) is 2.49. The van der Waals surface area contributed by atoms with Crippen molar-refractivity contribution in [3.8, 4) is 23.0 Å². The topological polar surface area (TPSA) is 86.5 Å². The van der Waals surface area contributed by atoms with Crippen LogP contribution in [0.4, 0.5) is 5.69 Å². The highest BCUT2D eigenvalue weighted by Gasteiger charge is 2.16. The van der Waals surface area contributed by atoms with Crippen molar-refractivity contribution in [1.29, 1.82) is 0 Å². The van der Waals surface area contributed by atoms with Crippen molar-refractivity contribution in [2.75, 3.05) is 19.0 Å². The summed E-state index contributed by atoms with van der Waals surface area (Å²) in [5.74, 6) is 1.13. The van der Waals surface area contributed by atoms with Crippen LogP contribution >= 0.6 is 0 Å². The number of nitrogens with zero attached hydrogens (tertiary/aromatic N) is 2. The average Bonchev–Trinajstić information content (AvgIpc) is 3.14. The molecule has 0 radical (unpaired) electrons. The van der Waals surface area contributed by atoms with Gasteiger partial charge in [0.05, 0.1) is 13.7 Å². The van der Waals surface area contributed by atoms with E-state index in [-0.39, 0.29) is 11.8 Å². The third-order valence-electron chi connectivity index (χ3n) is 3.38. The Balaban J connectivity index is 1.69. The molecule has 0 saturated carbocycles. The Morgan fingerprint density at radius 2 is 1.72 bits per heavy atom. The van der Waals surface area contributed by atoms with Crippen LogP contribution in [0, 0.1) is 0 Å². The lowest BCUT2D eigenvalue weighted by Gasteiger charge is -2.05. The standard InChI is InChI=1S/C18H17N3O4/c1-3-24-15-10-6-13(7-11-15)19-16(22)18-21-20-17(25-18)12-4-8-14(23-2)9-5-12/h4-11H,3H2,1-2H3,(H,19,22). The number of methoxy groups -OCH3 is 1. The van der Waals surface area contributed by atoms with Crippen LogP contribution in [0.25, 0.3) is 11.5 Å². The SMILES string of the molecule is CCOc1ccc(NC(=O)c2nnc(-c3ccc(OC)cc3)o2)cc1. The molecule has 1 N–H and O–H groups in total. The van der Waals surface area contributed by atoms with Crippen molar-refractivity contribution >= 4 is 11.6 Å². The minimum atomic E-state index is -0.476. The number of nitrogens with one attached hydrogen (secondary N) is 1. The number of hydrogen-bond acceptors (Lipinski definition) is 6. The van der Waals surface area contributed by atoms with Crippen LogP contribution in [0.2, 0.25) is 0 Å². The second-order valence-corrected chi connectivity index (χ2v) is 5.05. The molecule has 1 heterocycles. The largest absolute Gasteiger partial charge is 0.497 e. The van der Waals surface area contributed by atoms with E-state index in [2.05, 4.69) is 15.5 Å². The van der Waals surface area contributed by atoms with Gasteiger partial charge in [-0.1, -0.05) is 0 Å². The van der Waals surface area contributed by atoms with Gasteiger partial charge in [0.25, 0.3) is 0 Å². The van der Waals surface area contributed by atoms with Gasteiger partial charge in [0.1, 0.15) is 11.5 Å². The predicted molar refractivity (Wildman–Crippen MR) is 91.9 cm³/mol. The Hall–Kier alpha value is -3.35. The van der Waals surface area contributed by atoms with Gasteiger partial charge in [0.15, 0.2) is 0 Å². The molecule has 0 saturated heterocycles. The quantitative estimate of drug-likeness (QED) is 0.741. The normalized spacial score (nSPS) is 10.3. The molecule has 1 amide bonds. The fraction of sp³-hybridized carbons (Fsp3) is 0.167. The minimum absolute atomic E-state index is 0.111. The average molecular weight is 339 g/mol. The van der Waals surface area contributed by atoms with E-state index in [1.165, 1.54) is 0 Å². The van der Waals surface area contributed by atoms with Crippen LogP contribution in [0.5, 0.6) is 11.5 Å². The molecule has 0 aliphatic heterocycles. The molecule has 0 aliphatic rings. The molecule has 0 bridgehead atoms. The Bertz CT molecular complexity index is 842. The van der Waals surface area contributed by atoms with Gasteiger partial charge >= 0.3 is 11.8 Å². The highest BCUT2D eigenvalue weighted by Crippen LogP contribution is 2.22. The van der Waals surface area contributed by atoms with Gasteiger partial charge in [0, 0.05) is 11.3 Å². The third kappa shape index (κ3) is 3.95. The summed E-state index contributed by atoms with van der Waals surface area (Å²) in [7, 11) is 1.59. The van der Waals surface area contributed by atoms with E-state index in [0.29, 0.717) is 17.9 Å². The van der Waals surface area contributed by atoms with Crippen molar-refractivity contribution < 1.29 is 18.7 Å². The van der Waals surface area contributed by atoms with Crippen molar-refractivity contribution in [3.63, 3.8) is 0 Å². The van der Waals surface area contributed by atoms with Crippen molar-refractivity contribution in [2.24, 2.45) is 0 Å². The maximum absolute atomic E-state index is 12.2. The first-order chi connectivity index (χ1) is 12.2. The van der Waals surface area contributed by atoms with Crippen LogP contribution in [-0.2, 0) is 0 Å². The molecule has 3 aromatic rings. The van der Waals surface area contributed by atoms with Gasteiger partial charge in [-0.05, 0) is 55.5 Å². The molecule has 0 spiro atoms. The number of rotatable bonds is 6. The number of benzene rings is 2. The maximum Gasteiger partial charge on any atom is 0.313 e. The zero-order valence-corrected chi connectivity index (χ0v) is 13.9. The van der Waals surface area contributed by atoms with E-state index < -0.39 is 5.91 Å². The Morgan fingerprint density at radius 1 is 1.04 bits per heavy atom. The second-order valence-electron chi connectivity index (χ2n) is 5.05. The maximum atomic E-state index is 12.2. The lowest BCUT2D eigenvalue weighted by atomic mass is 10.2. The Labute approximate surface area is 144 Å². The third-order valence-corrected chi connectivity index (χ3v) is 3.38. The molecule has 0 atom stereocenters. The number of carbonyl (C=O) groups excluding carboxylic acids is 1. The van der Waals surface area contributed by atoms with E-state index in [1.54, 1.807) is 55.6 Å². The number of amides is 1. The first kappa shape index (κ1) is 16.5. The van der Waals surface area contributed by atoms with E-state index in [1.807, 2.05) is 6.92 Å². The molecule has 1 aromatic heterocycles. The molecule has 0 fully saturated rings. The summed E-state index contributed by atoms with van der Waals surface area (Å²) in [6.07, 6.45) is 0. The number of carbonyl (C=O) groups is 1. The number of aromatic nitrogens is 2. The molecule has 2 aromatic carbocycles. The van der Waals surface area contributed by atoms with E-state index in [0.717, 1.165) is 11.5 Å². The molecule has 128 valence electrons. The van der Waals surface area contributed by atoms with Crippen LogP contribution < -0.4 is 14.8 Å². The summed E-state index contributed by atoms with van der Waals surface area (Å²) in [5, 5.41) is 10.4. The second kappa shape index (κ2) is 7.48. The molecule has 3 rings (SSSR count). The van der Waals surface area contributed by atoms with Crippen LogP contribution in [0.1, 0.15) is 17.6 Å². The fourth-order valence-electron chi connectivity index (χ4n) is 2.15. The highest BCUT2D eigenvalue weighted by atomic mass is 16.5. The first-order valence-electron chi connectivity index (χ1n) is 7.71. The van der Waals surface area contributed by atoms with Crippen LogP contribution in [0.15, 0.2) is 52.9 Å². The summed E-state index contributed by atoms with van der Waals surface area (Å²) in [4.78, 5) is 12.2. The molecular weight excluding hydrogens is 322 g/mol. The summed E-state index contributed by atoms with van der Waals surface area (Å²) >= 11 is 0. The molecule has 0 unspecified atom stereocenters. The molecule has 0 aliphatic carbocycles. The Morgan fingerprint density at radius 3 is 2.36 bits per heavy atom. The minimum Gasteiger partial charge on any atom is -0.497 e. The Kier molecular flexibility index (Phi) is 4.94. The molecule has 7 nitrogen and oxygen atoms in total. The number of ether oxygens (including phenoxy) is 2. The lowest BCUT2D eigenvalue weighted by Crippen LogP contribution is -2.12. The van der Waals surface area contributed by atoms with Gasteiger partial charge in [-0.15, -0.1) is 10.2 Å². The van der Waals surface area contributed by atoms with Crippen LogP contribution in [0.3, 0.4) is 0 Å². The highest BCUT2D eigenvalue weighted by molar-refractivity contribution is 6.00. The van der Waals surface area contributed by atoms with E-state index in [4.69, 9.17) is 13.9 Å². The van der Waals surface area contributed by atoms with Gasteiger partial charge in [-0.3, -0.25) is 4.79 Å². The van der Waals surface area contributed by atoms with Gasteiger partial charge in [-0.2, -0.15) is 0 Å². The fourth-order valence-corrected chi connectivity index (χ4v) is 2.15. The van der Waals surface area contributed by atoms with Gasteiger partial charge < -0.3 is 19.2 Å². The smallest absolute Gasteiger partial charge is 0.313 e.